The third-order valence-electron chi connectivity index (χ3n) is 5.14. The highest BCUT2D eigenvalue weighted by Crippen LogP contribution is 2.28. The maximum absolute atomic E-state index is 12.3. The van der Waals surface area contributed by atoms with Gasteiger partial charge in [0.15, 0.2) is 0 Å². The molecule has 1 aliphatic rings. The molecule has 3 aromatic rings. The van der Waals surface area contributed by atoms with Gasteiger partial charge in [-0.2, -0.15) is 0 Å². The molecule has 32 heavy (non-hydrogen) atoms. The van der Waals surface area contributed by atoms with Crippen LogP contribution in [0.3, 0.4) is 0 Å². The third-order valence-corrected chi connectivity index (χ3v) is 5.14. The van der Waals surface area contributed by atoms with Crippen molar-refractivity contribution >= 4 is 11.7 Å². The molecule has 0 aromatic heterocycles. The fraction of sp³-hybridized carbons (Fsp3) is 0.207. The van der Waals surface area contributed by atoms with Crippen LogP contribution in [-0.2, 0) is 22.6 Å². The van der Waals surface area contributed by atoms with Gasteiger partial charge in [0.05, 0.1) is 0 Å². The Labute approximate surface area is 191 Å². The van der Waals surface area contributed by atoms with Crippen LogP contribution in [0.2, 0.25) is 0 Å². The number of hydrogen-bond donors (Lipinski definition) is 0. The van der Waals surface area contributed by atoms with Crippen LogP contribution in [0, 0.1) is 11.8 Å². The number of carbonyl (C=O) groups excluding carboxylic acids is 1. The van der Waals surface area contributed by atoms with Gasteiger partial charge in [-0.15, -0.1) is 0 Å². The van der Waals surface area contributed by atoms with Crippen LogP contribution >= 0.6 is 0 Å². The first kappa shape index (κ1) is 22.9. The second-order valence-electron chi connectivity index (χ2n) is 7.25. The Bertz CT molecular complexity index is 1110. The maximum Gasteiger partial charge on any atom is 0.325 e. The number of rotatable bonds is 4. The molecule has 162 valence electrons. The summed E-state index contributed by atoms with van der Waals surface area (Å²) in [5.74, 6) is 6.19. The second kappa shape index (κ2) is 11.6. The summed E-state index contributed by atoms with van der Waals surface area (Å²) in [5, 5.41) is 0. The molecule has 1 heterocycles. The average Bonchev–Trinajstić information content (AvgIpc) is 2.86. The molecule has 3 heteroatoms. The zero-order valence-electron chi connectivity index (χ0n) is 18.8. The number of nitrogens with zero attached hydrogens (tertiary/aromatic N) is 1. The smallest absolute Gasteiger partial charge is 0.325 e. The summed E-state index contributed by atoms with van der Waals surface area (Å²) < 4.78 is 5.42. The molecule has 0 saturated heterocycles. The fourth-order valence-electron chi connectivity index (χ4n) is 3.50. The molecule has 3 nitrogen and oxygen atoms in total. The van der Waals surface area contributed by atoms with Gasteiger partial charge in [-0.25, -0.2) is 0 Å². The highest BCUT2D eigenvalue weighted by Gasteiger charge is 2.22. The van der Waals surface area contributed by atoms with E-state index in [0.717, 1.165) is 40.9 Å². The lowest BCUT2D eigenvalue weighted by molar-refractivity contribution is -0.145. The van der Waals surface area contributed by atoms with Gasteiger partial charge in [-0.05, 0) is 41.8 Å². The molecule has 0 fully saturated rings. The van der Waals surface area contributed by atoms with Gasteiger partial charge in [0.1, 0.15) is 13.2 Å². The highest BCUT2D eigenvalue weighted by molar-refractivity contribution is 5.76. The number of hydrogen-bond acceptors (Lipinski definition) is 3. The van der Waals surface area contributed by atoms with E-state index in [-0.39, 0.29) is 12.5 Å². The second-order valence-corrected chi connectivity index (χ2v) is 7.25. The SMILES string of the molecule is C=C1c2ccc(C#Cc3ccccc3)cc2CCN1CC(=O)OCc1ccccc1.CC. The lowest BCUT2D eigenvalue weighted by atomic mass is 9.95. The van der Waals surface area contributed by atoms with Crippen LogP contribution in [0.25, 0.3) is 5.70 Å². The van der Waals surface area contributed by atoms with Crippen molar-refractivity contribution in [3.05, 3.63) is 113 Å². The summed E-state index contributed by atoms with van der Waals surface area (Å²) in [6.45, 7) is 9.45. The maximum atomic E-state index is 12.3. The Hall–Kier alpha value is -3.77. The molecular formula is C29H29NO2. The summed E-state index contributed by atoms with van der Waals surface area (Å²) in [5.41, 5.74) is 6.12. The first-order valence-electron chi connectivity index (χ1n) is 11.0. The van der Waals surface area contributed by atoms with Crippen molar-refractivity contribution in [1.82, 2.24) is 4.90 Å². The van der Waals surface area contributed by atoms with E-state index in [1.54, 1.807) is 0 Å². The van der Waals surface area contributed by atoms with Crippen molar-refractivity contribution in [3.63, 3.8) is 0 Å². The van der Waals surface area contributed by atoms with Crippen LogP contribution in [0.5, 0.6) is 0 Å². The van der Waals surface area contributed by atoms with E-state index >= 15 is 0 Å². The van der Waals surface area contributed by atoms with Crippen molar-refractivity contribution in [3.8, 4) is 11.8 Å². The molecule has 0 unspecified atom stereocenters. The molecule has 0 bridgehead atoms. The number of ether oxygens (including phenoxy) is 1. The van der Waals surface area contributed by atoms with E-state index in [2.05, 4.69) is 24.5 Å². The third kappa shape index (κ3) is 6.12. The minimum absolute atomic E-state index is 0.209. The van der Waals surface area contributed by atoms with Gasteiger partial charge in [-0.1, -0.05) is 86.9 Å². The molecule has 0 spiro atoms. The summed E-state index contributed by atoms with van der Waals surface area (Å²) in [6, 6.07) is 25.9. The highest BCUT2D eigenvalue weighted by atomic mass is 16.5. The molecule has 0 aliphatic carbocycles. The van der Waals surface area contributed by atoms with Crippen LogP contribution in [0.1, 0.15) is 41.7 Å². The quantitative estimate of drug-likeness (QED) is 0.399. The fourth-order valence-corrected chi connectivity index (χ4v) is 3.50. The summed E-state index contributed by atoms with van der Waals surface area (Å²) >= 11 is 0. The Morgan fingerprint density at radius 3 is 2.31 bits per heavy atom. The Morgan fingerprint density at radius 1 is 0.938 bits per heavy atom. The van der Waals surface area contributed by atoms with Gasteiger partial charge in [0.25, 0.3) is 0 Å². The standard InChI is InChI=1S/C27H23NO2.C2H6/c1-21-26-15-14-23(13-12-22-8-4-2-5-9-22)18-25(26)16-17-28(21)19-27(29)30-20-24-10-6-3-7-11-24;1-2/h2-11,14-15,18H,1,16-17,19-20H2;1-2H3. The van der Waals surface area contributed by atoms with Crippen molar-refractivity contribution in [2.45, 2.75) is 26.9 Å². The topological polar surface area (TPSA) is 29.5 Å². The normalized spacial score (nSPS) is 11.9. The Kier molecular flexibility index (Phi) is 8.29. The van der Waals surface area contributed by atoms with Crippen molar-refractivity contribution in [2.75, 3.05) is 13.1 Å². The molecule has 4 rings (SSSR count). The molecule has 3 aromatic carbocycles. The van der Waals surface area contributed by atoms with Crippen molar-refractivity contribution in [1.29, 1.82) is 0 Å². The number of carbonyl (C=O) groups is 1. The van der Waals surface area contributed by atoms with E-state index in [1.165, 1.54) is 5.56 Å². The van der Waals surface area contributed by atoms with Crippen LogP contribution in [0.15, 0.2) is 85.4 Å². The summed E-state index contributed by atoms with van der Waals surface area (Å²) in [6.07, 6.45) is 0.848. The number of benzene rings is 3. The van der Waals surface area contributed by atoms with Crippen LogP contribution in [-0.4, -0.2) is 24.0 Å². The monoisotopic (exact) mass is 423 g/mol. The lowest BCUT2D eigenvalue weighted by Gasteiger charge is -2.32. The van der Waals surface area contributed by atoms with Gasteiger partial charge in [0, 0.05) is 28.9 Å². The van der Waals surface area contributed by atoms with E-state index in [0.29, 0.717) is 6.61 Å². The average molecular weight is 424 g/mol. The van der Waals surface area contributed by atoms with Crippen LogP contribution < -0.4 is 0 Å². The Morgan fingerprint density at radius 2 is 1.59 bits per heavy atom. The predicted molar refractivity (Wildman–Crippen MR) is 131 cm³/mol. The van der Waals surface area contributed by atoms with Crippen molar-refractivity contribution < 1.29 is 9.53 Å². The molecule has 0 amide bonds. The predicted octanol–water partition coefficient (Wildman–Crippen LogP) is 5.68. The Balaban J connectivity index is 0.00000141. The minimum Gasteiger partial charge on any atom is -0.459 e. The van der Waals surface area contributed by atoms with E-state index in [4.69, 9.17) is 4.74 Å². The van der Waals surface area contributed by atoms with Gasteiger partial charge in [-0.3, -0.25) is 4.79 Å². The molecule has 1 aliphatic heterocycles. The molecular weight excluding hydrogens is 394 g/mol. The van der Waals surface area contributed by atoms with E-state index < -0.39 is 0 Å². The first-order valence-corrected chi connectivity index (χ1v) is 11.0. The summed E-state index contributed by atoms with van der Waals surface area (Å²) in [7, 11) is 0. The van der Waals surface area contributed by atoms with Gasteiger partial charge >= 0.3 is 5.97 Å². The van der Waals surface area contributed by atoms with Crippen molar-refractivity contribution in [2.24, 2.45) is 0 Å². The molecule has 0 atom stereocenters. The van der Waals surface area contributed by atoms with E-state index in [9.17, 15) is 4.79 Å². The zero-order valence-corrected chi connectivity index (χ0v) is 18.8. The molecule has 0 saturated carbocycles. The lowest BCUT2D eigenvalue weighted by Crippen LogP contribution is -2.34. The van der Waals surface area contributed by atoms with Crippen LogP contribution in [0.4, 0.5) is 0 Å². The summed E-state index contributed by atoms with van der Waals surface area (Å²) in [4.78, 5) is 14.3. The molecule has 0 N–H and O–H groups in total. The zero-order chi connectivity index (χ0) is 22.8. The largest absolute Gasteiger partial charge is 0.459 e. The van der Waals surface area contributed by atoms with Gasteiger partial charge in [0.2, 0.25) is 0 Å². The van der Waals surface area contributed by atoms with Gasteiger partial charge < -0.3 is 9.64 Å². The number of esters is 1. The molecule has 0 radical (unpaired) electrons. The number of fused-ring (bicyclic) bond motifs is 1. The minimum atomic E-state index is -0.242. The first-order chi connectivity index (χ1) is 15.7. The van der Waals surface area contributed by atoms with E-state index in [1.807, 2.05) is 91.5 Å².